The van der Waals surface area contributed by atoms with E-state index in [4.69, 9.17) is 5.11 Å². The Bertz CT molecular complexity index is 400. The number of carboxylic acids is 1. The summed E-state index contributed by atoms with van der Waals surface area (Å²) in [4.78, 5) is 32.9. The minimum Gasteiger partial charge on any atom is -0.479 e. The lowest BCUT2D eigenvalue weighted by molar-refractivity contribution is -0.207. The van der Waals surface area contributed by atoms with Crippen LogP contribution in [0, 0.1) is 0 Å². The number of halogens is 3. The zero-order valence-electron chi connectivity index (χ0n) is 9.00. The molecule has 0 bridgehead atoms. The Morgan fingerprint density at radius 3 is 2.39 bits per heavy atom. The maximum absolute atomic E-state index is 12.6. The monoisotopic (exact) mass is 286 g/mol. The van der Waals surface area contributed by atoms with Gasteiger partial charge in [0.05, 0.1) is 0 Å². The molecule has 0 aromatic rings. The normalized spacial score (nSPS) is 23.1. The van der Waals surface area contributed by atoms with Gasteiger partial charge in [0, 0.05) is 5.75 Å². The number of carbonyl (C=O) groups is 3. The van der Waals surface area contributed by atoms with E-state index in [1.807, 2.05) is 0 Å². The Labute approximate surface area is 103 Å². The number of hydrogen-bond acceptors (Lipinski definition) is 4. The number of amides is 2. The van der Waals surface area contributed by atoms with Gasteiger partial charge in [-0.25, -0.2) is 4.79 Å². The Balaban J connectivity index is 2.83. The van der Waals surface area contributed by atoms with Gasteiger partial charge in [-0.15, -0.1) is 0 Å². The lowest BCUT2D eigenvalue weighted by Gasteiger charge is -2.29. The Kier molecular flexibility index (Phi) is 3.79. The quantitative estimate of drug-likeness (QED) is 0.695. The molecule has 2 unspecified atom stereocenters. The van der Waals surface area contributed by atoms with Crippen LogP contribution in [0.3, 0.4) is 0 Å². The molecule has 2 atom stereocenters. The third-order valence-corrected chi connectivity index (χ3v) is 3.24. The molecule has 0 saturated carbocycles. The highest BCUT2D eigenvalue weighted by molar-refractivity contribution is 8.14. The van der Waals surface area contributed by atoms with E-state index in [2.05, 4.69) is 5.32 Å². The van der Waals surface area contributed by atoms with Gasteiger partial charge in [-0.05, 0) is 6.92 Å². The molecule has 6 nitrogen and oxygen atoms in total. The number of carboxylic acid groups (broad SMARTS) is 1. The molecular weight excluding hydrogens is 277 g/mol. The molecule has 0 aromatic carbocycles. The fraction of sp³-hybridized carbons (Fsp3) is 0.625. The minimum atomic E-state index is -5.15. The van der Waals surface area contributed by atoms with Crippen LogP contribution in [0.2, 0.25) is 0 Å². The van der Waals surface area contributed by atoms with Crippen LogP contribution >= 0.6 is 11.8 Å². The Morgan fingerprint density at radius 1 is 1.50 bits per heavy atom. The smallest absolute Gasteiger partial charge is 0.422 e. The minimum absolute atomic E-state index is 0.0434. The van der Waals surface area contributed by atoms with Crippen LogP contribution in [0.5, 0.6) is 0 Å². The molecule has 10 heteroatoms. The first-order chi connectivity index (χ1) is 8.08. The number of alkyl halides is 3. The van der Waals surface area contributed by atoms with Gasteiger partial charge in [0.2, 0.25) is 11.4 Å². The van der Waals surface area contributed by atoms with Crippen LogP contribution < -0.4 is 10.6 Å². The van der Waals surface area contributed by atoms with E-state index in [9.17, 15) is 27.6 Å². The lowest BCUT2D eigenvalue weighted by atomic mass is 10.0. The van der Waals surface area contributed by atoms with E-state index in [1.54, 1.807) is 0 Å². The predicted octanol–water partition coefficient (Wildman–Crippen LogP) is 0.333. The highest BCUT2D eigenvalue weighted by Gasteiger charge is 2.59. The molecule has 1 fully saturated rings. The van der Waals surface area contributed by atoms with E-state index in [0.717, 1.165) is 11.8 Å². The van der Waals surface area contributed by atoms with Crippen molar-refractivity contribution in [3.8, 4) is 0 Å². The number of carbonyl (C=O) groups excluding carboxylic acids is 2. The van der Waals surface area contributed by atoms with E-state index in [-0.39, 0.29) is 5.75 Å². The SMILES string of the molecule is CC(NC(=O)C1CSC(=O)N1)(C(=O)O)C(F)(F)F. The third kappa shape index (κ3) is 2.68. The molecule has 3 N–H and O–H groups in total. The van der Waals surface area contributed by atoms with Gasteiger partial charge < -0.3 is 15.7 Å². The molecular formula is C8H9F3N2O4S. The van der Waals surface area contributed by atoms with Crippen LogP contribution in [0.4, 0.5) is 18.0 Å². The molecule has 1 heterocycles. The van der Waals surface area contributed by atoms with Gasteiger partial charge >= 0.3 is 12.1 Å². The van der Waals surface area contributed by atoms with Crippen LogP contribution in [0.25, 0.3) is 0 Å². The summed E-state index contributed by atoms with van der Waals surface area (Å²) in [7, 11) is 0. The first kappa shape index (κ1) is 14.6. The largest absolute Gasteiger partial charge is 0.479 e. The van der Waals surface area contributed by atoms with E-state index in [0.29, 0.717) is 6.92 Å². The van der Waals surface area contributed by atoms with Crippen LogP contribution in [0.15, 0.2) is 0 Å². The molecule has 0 aliphatic carbocycles. The van der Waals surface area contributed by atoms with Gasteiger partial charge in [0.1, 0.15) is 6.04 Å². The molecule has 0 aromatic heterocycles. The predicted molar refractivity (Wildman–Crippen MR) is 55.0 cm³/mol. The average Bonchev–Trinajstić information content (AvgIpc) is 2.62. The lowest BCUT2D eigenvalue weighted by Crippen LogP contribution is -2.64. The van der Waals surface area contributed by atoms with Crippen molar-refractivity contribution < 1.29 is 32.7 Å². The molecule has 0 spiro atoms. The summed E-state index contributed by atoms with van der Waals surface area (Å²) < 4.78 is 37.8. The zero-order valence-corrected chi connectivity index (χ0v) is 9.82. The summed E-state index contributed by atoms with van der Waals surface area (Å²) in [6.45, 7) is 0.344. The van der Waals surface area contributed by atoms with Crippen molar-refractivity contribution in [2.75, 3.05) is 5.75 Å². The highest BCUT2D eigenvalue weighted by Crippen LogP contribution is 2.30. The molecule has 18 heavy (non-hydrogen) atoms. The number of rotatable bonds is 3. The maximum Gasteiger partial charge on any atom is 0.422 e. The Morgan fingerprint density at radius 2 is 2.06 bits per heavy atom. The molecule has 2 amide bonds. The molecule has 1 saturated heterocycles. The second-order valence-corrected chi connectivity index (χ2v) is 4.71. The fourth-order valence-electron chi connectivity index (χ4n) is 1.10. The summed E-state index contributed by atoms with van der Waals surface area (Å²) in [6, 6.07) is -1.16. The fourth-order valence-corrected chi connectivity index (χ4v) is 1.88. The summed E-state index contributed by atoms with van der Waals surface area (Å²) >= 11 is 0.736. The summed E-state index contributed by atoms with van der Waals surface area (Å²) in [5, 5.41) is 11.6. The second-order valence-electron chi connectivity index (χ2n) is 3.71. The van der Waals surface area contributed by atoms with E-state index in [1.165, 1.54) is 5.32 Å². The van der Waals surface area contributed by atoms with Crippen molar-refractivity contribution in [3.05, 3.63) is 0 Å². The van der Waals surface area contributed by atoms with Crippen molar-refractivity contribution in [2.24, 2.45) is 0 Å². The molecule has 0 radical (unpaired) electrons. The van der Waals surface area contributed by atoms with Crippen LogP contribution in [-0.2, 0) is 9.59 Å². The van der Waals surface area contributed by atoms with Gasteiger partial charge in [-0.3, -0.25) is 9.59 Å². The summed E-state index contributed by atoms with van der Waals surface area (Å²) in [6.07, 6.45) is -5.15. The summed E-state index contributed by atoms with van der Waals surface area (Å²) in [5.74, 6) is -3.45. The highest BCUT2D eigenvalue weighted by atomic mass is 32.2. The maximum atomic E-state index is 12.6. The zero-order chi connectivity index (χ0) is 14.1. The van der Waals surface area contributed by atoms with Crippen molar-refractivity contribution in [3.63, 3.8) is 0 Å². The number of thioether (sulfide) groups is 1. The van der Waals surface area contributed by atoms with Crippen LogP contribution in [-0.4, -0.2) is 45.7 Å². The second kappa shape index (κ2) is 4.67. The average molecular weight is 286 g/mol. The molecule has 1 aliphatic rings. The van der Waals surface area contributed by atoms with E-state index >= 15 is 0 Å². The van der Waals surface area contributed by atoms with E-state index < -0.39 is 34.9 Å². The van der Waals surface area contributed by atoms with Gasteiger partial charge in [-0.2, -0.15) is 13.2 Å². The molecule has 1 aliphatic heterocycles. The van der Waals surface area contributed by atoms with Crippen molar-refractivity contribution in [1.82, 2.24) is 10.6 Å². The van der Waals surface area contributed by atoms with Gasteiger partial charge in [-0.1, -0.05) is 11.8 Å². The topological polar surface area (TPSA) is 95.5 Å². The van der Waals surface area contributed by atoms with Gasteiger partial charge in [0.25, 0.3) is 5.24 Å². The first-order valence-corrected chi connectivity index (χ1v) is 5.62. The third-order valence-electron chi connectivity index (χ3n) is 2.36. The number of aliphatic carboxylic acids is 1. The number of nitrogens with one attached hydrogen (secondary N) is 2. The molecule has 102 valence electrons. The molecule has 1 rings (SSSR count). The number of hydrogen-bond donors (Lipinski definition) is 3. The standard InChI is InChI=1S/C8H9F3N2O4S/c1-7(5(15)16,8(9,10)11)13-4(14)3-2-18-6(17)12-3/h3H,2H2,1H3,(H,12,17)(H,13,14)(H,15,16). The Hall–Kier alpha value is -1.45. The summed E-state index contributed by atoms with van der Waals surface area (Å²) in [5.41, 5.74) is -3.39. The van der Waals surface area contributed by atoms with Gasteiger partial charge in [0.15, 0.2) is 0 Å². The van der Waals surface area contributed by atoms with Crippen molar-refractivity contribution in [2.45, 2.75) is 24.7 Å². The van der Waals surface area contributed by atoms with Crippen LogP contribution in [0.1, 0.15) is 6.92 Å². The van der Waals surface area contributed by atoms with Crippen molar-refractivity contribution in [1.29, 1.82) is 0 Å². The van der Waals surface area contributed by atoms with Crippen molar-refractivity contribution >= 4 is 28.9 Å². The first-order valence-electron chi connectivity index (χ1n) is 4.63.